The van der Waals surface area contributed by atoms with Crippen molar-refractivity contribution in [1.29, 1.82) is 0 Å². The Morgan fingerprint density at radius 1 is 1.15 bits per heavy atom. The van der Waals surface area contributed by atoms with Crippen molar-refractivity contribution in [3.63, 3.8) is 0 Å². The molecular formula is C20H17BrN4O. The molecule has 0 atom stereocenters. The number of para-hydroxylation sites is 1. The summed E-state index contributed by atoms with van der Waals surface area (Å²) in [5, 5.41) is 10.9. The van der Waals surface area contributed by atoms with Gasteiger partial charge in [-0.25, -0.2) is 0 Å². The van der Waals surface area contributed by atoms with Crippen LogP contribution in [0.5, 0.6) is 0 Å². The Hall–Kier alpha value is -2.86. The smallest absolute Gasteiger partial charge is 0.269 e. The Balaban J connectivity index is 1.51. The molecule has 2 heterocycles. The van der Waals surface area contributed by atoms with Gasteiger partial charge in [0.05, 0.1) is 10.2 Å². The lowest BCUT2D eigenvalue weighted by molar-refractivity contribution is 0.0942. The van der Waals surface area contributed by atoms with Gasteiger partial charge in [-0.2, -0.15) is 5.10 Å². The fraction of sp³-hybridized carbons (Fsp3) is 0.100. The molecule has 26 heavy (non-hydrogen) atoms. The third kappa shape index (κ3) is 2.93. The van der Waals surface area contributed by atoms with Crippen molar-refractivity contribution in [3.05, 3.63) is 76.5 Å². The fourth-order valence-electron chi connectivity index (χ4n) is 3.08. The number of nitrogens with zero attached hydrogens (tertiary/aromatic N) is 2. The summed E-state index contributed by atoms with van der Waals surface area (Å²) < 4.78 is 2.73. The maximum absolute atomic E-state index is 12.7. The first-order valence-electron chi connectivity index (χ1n) is 8.25. The third-order valence-electron chi connectivity index (χ3n) is 4.48. The van der Waals surface area contributed by atoms with E-state index in [1.165, 1.54) is 0 Å². The molecule has 2 aromatic heterocycles. The summed E-state index contributed by atoms with van der Waals surface area (Å²) in [6.07, 6.45) is 1.73. The van der Waals surface area contributed by atoms with Crippen LogP contribution in [0.2, 0.25) is 0 Å². The van der Waals surface area contributed by atoms with E-state index in [1.807, 2.05) is 66.2 Å². The molecule has 0 saturated heterocycles. The first-order valence-corrected chi connectivity index (χ1v) is 9.04. The zero-order valence-electron chi connectivity index (χ0n) is 14.2. The number of amides is 1. The molecule has 2 aromatic carbocycles. The molecule has 0 fully saturated rings. The number of hydrogen-bond acceptors (Lipinski definition) is 2. The minimum atomic E-state index is -0.104. The Morgan fingerprint density at radius 2 is 1.92 bits per heavy atom. The lowest BCUT2D eigenvalue weighted by Crippen LogP contribution is -2.25. The number of aromatic amines is 1. The number of benzene rings is 2. The summed E-state index contributed by atoms with van der Waals surface area (Å²) in [4.78, 5) is 12.7. The van der Waals surface area contributed by atoms with E-state index < -0.39 is 0 Å². The monoisotopic (exact) mass is 408 g/mol. The van der Waals surface area contributed by atoms with Gasteiger partial charge in [0.25, 0.3) is 5.91 Å². The number of hydrogen-bond donors (Lipinski definition) is 2. The number of halogens is 1. The molecule has 0 bridgehead atoms. The zero-order valence-corrected chi connectivity index (χ0v) is 15.7. The van der Waals surface area contributed by atoms with Crippen LogP contribution in [0, 0.1) is 0 Å². The molecular weight excluding hydrogens is 392 g/mol. The van der Waals surface area contributed by atoms with Crippen LogP contribution in [0.25, 0.3) is 22.2 Å². The van der Waals surface area contributed by atoms with E-state index in [2.05, 4.69) is 31.4 Å². The summed E-state index contributed by atoms with van der Waals surface area (Å²) >= 11 is 3.57. The van der Waals surface area contributed by atoms with E-state index in [0.29, 0.717) is 12.2 Å². The summed E-state index contributed by atoms with van der Waals surface area (Å²) in [5.74, 6) is -0.104. The van der Waals surface area contributed by atoms with Crippen LogP contribution in [0.15, 0.2) is 65.3 Å². The lowest BCUT2D eigenvalue weighted by Gasteiger charge is -2.08. The fourth-order valence-corrected chi connectivity index (χ4v) is 3.87. The number of fused-ring (bicyclic) bond motifs is 1. The van der Waals surface area contributed by atoms with E-state index in [4.69, 9.17) is 0 Å². The van der Waals surface area contributed by atoms with Crippen molar-refractivity contribution in [2.24, 2.45) is 7.05 Å². The molecule has 130 valence electrons. The van der Waals surface area contributed by atoms with Crippen molar-refractivity contribution >= 4 is 32.7 Å². The van der Waals surface area contributed by atoms with Crippen molar-refractivity contribution < 1.29 is 4.79 Å². The molecule has 1 amide bonds. The normalized spacial score (nSPS) is 11.0. The number of aromatic nitrogens is 3. The second kappa shape index (κ2) is 6.80. The van der Waals surface area contributed by atoms with Gasteiger partial charge in [0, 0.05) is 30.7 Å². The average Bonchev–Trinajstić information content (AvgIpc) is 3.29. The maximum Gasteiger partial charge on any atom is 0.269 e. The van der Waals surface area contributed by atoms with E-state index in [1.54, 1.807) is 6.20 Å². The van der Waals surface area contributed by atoms with Gasteiger partial charge in [-0.3, -0.25) is 9.89 Å². The molecule has 6 heteroatoms. The molecule has 4 aromatic rings. The van der Waals surface area contributed by atoms with Crippen molar-refractivity contribution in [2.75, 3.05) is 0 Å². The van der Waals surface area contributed by atoms with Gasteiger partial charge in [-0.15, -0.1) is 0 Å². The van der Waals surface area contributed by atoms with Gasteiger partial charge in [-0.05, 0) is 39.2 Å². The molecule has 0 spiro atoms. The highest BCUT2D eigenvalue weighted by atomic mass is 79.9. The van der Waals surface area contributed by atoms with Crippen LogP contribution in [0.3, 0.4) is 0 Å². The Labute approximate surface area is 159 Å². The van der Waals surface area contributed by atoms with Crippen LogP contribution >= 0.6 is 15.9 Å². The van der Waals surface area contributed by atoms with Crippen LogP contribution in [-0.2, 0) is 13.6 Å². The number of carbonyl (C=O) groups is 1. The Morgan fingerprint density at radius 3 is 2.62 bits per heavy atom. The van der Waals surface area contributed by atoms with E-state index in [0.717, 1.165) is 32.2 Å². The quantitative estimate of drug-likeness (QED) is 0.529. The largest absolute Gasteiger partial charge is 0.347 e. The topological polar surface area (TPSA) is 62.7 Å². The highest BCUT2D eigenvalue weighted by molar-refractivity contribution is 9.10. The van der Waals surface area contributed by atoms with E-state index in [-0.39, 0.29) is 5.91 Å². The van der Waals surface area contributed by atoms with Gasteiger partial charge in [0.1, 0.15) is 5.69 Å². The van der Waals surface area contributed by atoms with Gasteiger partial charge in [-0.1, -0.05) is 42.5 Å². The summed E-state index contributed by atoms with van der Waals surface area (Å²) in [7, 11) is 1.90. The SMILES string of the molecule is Cn1c(C(=O)NCc2ccc(-c3ccn[nH]3)cc2)c(Br)c2ccccc21. The first kappa shape index (κ1) is 16.6. The van der Waals surface area contributed by atoms with E-state index in [9.17, 15) is 4.79 Å². The number of carbonyl (C=O) groups excluding carboxylic acids is 1. The van der Waals surface area contributed by atoms with Crippen molar-refractivity contribution in [2.45, 2.75) is 6.54 Å². The third-order valence-corrected chi connectivity index (χ3v) is 5.28. The number of rotatable bonds is 4. The lowest BCUT2D eigenvalue weighted by atomic mass is 10.1. The van der Waals surface area contributed by atoms with Crippen LogP contribution in [0.1, 0.15) is 16.1 Å². The highest BCUT2D eigenvalue weighted by Gasteiger charge is 2.18. The first-order chi connectivity index (χ1) is 12.6. The summed E-state index contributed by atoms with van der Waals surface area (Å²) in [6, 6.07) is 17.9. The van der Waals surface area contributed by atoms with Crippen LogP contribution in [-0.4, -0.2) is 20.7 Å². The summed E-state index contributed by atoms with van der Waals surface area (Å²) in [6.45, 7) is 0.468. The minimum absolute atomic E-state index is 0.104. The number of aryl methyl sites for hydroxylation is 1. The molecule has 0 aliphatic heterocycles. The van der Waals surface area contributed by atoms with Crippen LogP contribution < -0.4 is 5.32 Å². The predicted octanol–water partition coefficient (Wildman–Crippen LogP) is 4.26. The Bertz CT molecular complexity index is 1030. The Kier molecular flexibility index (Phi) is 4.34. The van der Waals surface area contributed by atoms with Gasteiger partial charge < -0.3 is 9.88 Å². The molecule has 2 N–H and O–H groups in total. The van der Waals surface area contributed by atoms with Gasteiger partial charge in [0.2, 0.25) is 0 Å². The van der Waals surface area contributed by atoms with Gasteiger partial charge >= 0.3 is 0 Å². The number of nitrogens with one attached hydrogen (secondary N) is 2. The molecule has 0 saturated carbocycles. The second-order valence-electron chi connectivity index (χ2n) is 6.09. The van der Waals surface area contributed by atoms with Crippen molar-refractivity contribution in [1.82, 2.24) is 20.1 Å². The molecule has 0 aliphatic carbocycles. The zero-order chi connectivity index (χ0) is 18.1. The van der Waals surface area contributed by atoms with E-state index >= 15 is 0 Å². The second-order valence-corrected chi connectivity index (χ2v) is 6.88. The molecule has 5 nitrogen and oxygen atoms in total. The number of H-pyrrole nitrogens is 1. The van der Waals surface area contributed by atoms with Crippen LogP contribution in [0.4, 0.5) is 0 Å². The maximum atomic E-state index is 12.7. The summed E-state index contributed by atoms with van der Waals surface area (Å²) in [5.41, 5.74) is 4.72. The standard InChI is InChI=1S/C20H17BrN4O/c1-25-17-5-3-2-4-15(17)18(21)19(25)20(26)22-12-13-6-8-14(9-7-13)16-10-11-23-24-16/h2-11H,12H2,1H3,(H,22,26)(H,23,24). The highest BCUT2D eigenvalue weighted by Crippen LogP contribution is 2.30. The minimum Gasteiger partial charge on any atom is -0.347 e. The predicted molar refractivity (Wildman–Crippen MR) is 106 cm³/mol. The van der Waals surface area contributed by atoms with Gasteiger partial charge in [0.15, 0.2) is 0 Å². The molecule has 0 unspecified atom stereocenters. The average molecular weight is 409 g/mol. The van der Waals surface area contributed by atoms with Crippen molar-refractivity contribution in [3.8, 4) is 11.3 Å². The molecule has 0 aliphatic rings. The molecule has 0 radical (unpaired) electrons. The molecule has 4 rings (SSSR count).